The van der Waals surface area contributed by atoms with E-state index < -0.39 is 26.1 Å². The van der Waals surface area contributed by atoms with E-state index in [1.54, 1.807) is 13.8 Å². The molecule has 0 radical (unpaired) electrons. The van der Waals surface area contributed by atoms with Gasteiger partial charge in [0.05, 0.1) is 18.8 Å². The number of carbonyl (C=O) groups is 1. The fourth-order valence-electron chi connectivity index (χ4n) is 4.31. The maximum Gasteiger partial charge on any atom is 0.470 e. The van der Waals surface area contributed by atoms with Gasteiger partial charge in [-0.15, -0.1) is 0 Å². The second-order valence-corrected chi connectivity index (χ2v) is 13.0. The van der Waals surface area contributed by atoms with Crippen molar-refractivity contribution in [3.05, 3.63) is 0 Å². The minimum absolute atomic E-state index is 0.0689. The zero-order chi connectivity index (χ0) is 28.5. The Morgan fingerprint density at radius 2 is 1.32 bits per heavy atom. The van der Waals surface area contributed by atoms with Crippen LogP contribution >= 0.6 is 20.2 Å². The van der Waals surface area contributed by atoms with E-state index in [9.17, 15) is 14.5 Å². The van der Waals surface area contributed by atoms with Gasteiger partial charge in [-0.25, -0.2) is 4.79 Å². The molecule has 0 rings (SSSR count). The lowest BCUT2D eigenvalue weighted by molar-refractivity contribution is -0.199. The number of esters is 1. The van der Waals surface area contributed by atoms with Gasteiger partial charge in [0.1, 0.15) is 0 Å². The Kier molecular flexibility index (Phi) is 25.6. The van der Waals surface area contributed by atoms with Crippen LogP contribution in [0.5, 0.6) is 0 Å². The number of rotatable bonds is 28. The second kappa shape index (κ2) is 25.7. The van der Waals surface area contributed by atoms with Gasteiger partial charge in [0, 0.05) is 11.9 Å². The largest absolute Gasteiger partial charge is 0.470 e. The van der Waals surface area contributed by atoms with Crippen LogP contribution in [0.25, 0.3) is 0 Å². The van der Waals surface area contributed by atoms with Crippen LogP contribution in [0.3, 0.4) is 0 Å². The van der Waals surface area contributed by atoms with Gasteiger partial charge in [0.2, 0.25) is 0 Å². The molecule has 226 valence electrons. The fourth-order valence-corrected chi connectivity index (χ4v) is 5.97. The second-order valence-electron chi connectivity index (χ2n) is 10.8. The molecule has 0 aromatic rings. The molecule has 0 amide bonds. The lowest BCUT2D eigenvalue weighted by Gasteiger charge is -2.24. The summed E-state index contributed by atoms with van der Waals surface area (Å²) in [4.78, 5) is 12.0. The monoisotopic (exact) mass is 579 g/mol. The van der Waals surface area contributed by atoms with E-state index >= 15 is 0 Å². The van der Waals surface area contributed by atoms with Crippen LogP contribution < -0.4 is 0 Å². The molecule has 6 nitrogen and oxygen atoms in total. The number of aliphatic hydroxyl groups is 1. The van der Waals surface area contributed by atoms with Crippen molar-refractivity contribution in [1.82, 2.24) is 0 Å². The Bertz CT molecular complexity index is 565. The molecule has 38 heavy (non-hydrogen) atoms. The van der Waals surface area contributed by atoms with Crippen molar-refractivity contribution >= 4 is 26.2 Å². The third kappa shape index (κ3) is 20.7. The van der Waals surface area contributed by atoms with Crippen LogP contribution in [0.15, 0.2) is 0 Å². The van der Waals surface area contributed by atoms with E-state index in [1.165, 1.54) is 108 Å². The average molecular weight is 580 g/mol. The first-order valence-electron chi connectivity index (χ1n) is 15.5. The molecule has 0 aliphatic heterocycles. The summed E-state index contributed by atoms with van der Waals surface area (Å²) in [5.41, 5.74) is -2.40. The third-order valence-electron chi connectivity index (χ3n) is 6.68. The molecule has 4 unspecified atom stereocenters. The lowest BCUT2D eigenvalue weighted by Crippen LogP contribution is -2.39. The maximum atomic E-state index is 12.0. The first-order valence-corrected chi connectivity index (χ1v) is 17.5. The summed E-state index contributed by atoms with van der Waals surface area (Å²) in [7, 11) is -1.35. The minimum Gasteiger partial charge on any atom is -0.455 e. The summed E-state index contributed by atoms with van der Waals surface area (Å²) in [6, 6.07) is 0. The number of carbonyl (C=O) groups excluding carboxylic acids is 1. The van der Waals surface area contributed by atoms with Gasteiger partial charge in [0.15, 0.2) is 0 Å². The number of ether oxygens (including phenoxy) is 3. The molecule has 4 atom stereocenters. The Balaban J connectivity index is 4.41. The molecule has 8 heteroatoms. The quantitative estimate of drug-likeness (QED) is 0.0429. The fraction of sp³-hybridized carbons (Fsp3) is 0.967. The van der Waals surface area contributed by atoms with Crippen LogP contribution in [-0.2, 0) is 23.6 Å². The molecule has 1 N–H and O–H groups in total. The minimum atomic E-state index is -2.40. The molecular formula is C30H60O6PS+. The molecule has 0 aliphatic rings. The average Bonchev–Trinajstić information content (AvgIpc) is 2.89. The Hall–Kier alpha value is -0.200. The predicted molar refractivity (Wildman–Crippen MR) is 163 cm³/mol. The first kappa shape index (κ1) is 37.8. The molecule has 0 saturated heterocycles. The highest BCUT2D eigenvalue weighted by atomic mass is 32.2. The van der Waals surface area contributed by atoms with Gasteiger partial charge < -0.3 is 19.3 Å². The SMILES string of the molecule is CCCCCCCCCCSC(CCCCCCCCC)C(C)OCCCOC(O)([PH+]=O)C(=O)OC(C)C. The Morgan fingerprint density at radius 3 is 1.84 bits per heavy atom. The summed E-state index contributed by atoms with van der Waals surface area (Å²) >= 11 is 2.06. The summed E-state index contributed by atoms with van der Waals surface area (Å²) in [6.45, 7) is 10.5. The molecule has 0 spiro atoms. The lowest BCUT2D eigenvalue weighted by atomic mass is 10.1. The Morgan fingerprint density at radius 1 is 0.789 bits per heavy atom. The summed E-state index contributed by atoms with van der Waals surface area (Å²) in [5.74, 6) is 0.171. The number of unbranched alkanes of at least 4 members (excludes halogenated alkanes) is 13. The zero-order valence-corrected chi connectivity index (χ0v) is 27.1. The highest BCUT2D eigenvalue weighted by Crippen LogP contribution is 2.26. The molecule has 0 heterocycles. The van der Waals surface area contributed by atoms with Crippen molar-refractivity contribution in [2.45, 2.75) is 167 Å². The smallest absolute Gasteiger partial charge is 0.455 e. The normalized spacial score (nSPS) is 15.0. The molecule has 0 aromatic carbocycles. The summed E-state index contributed by atoms with van der Waals surface area (Å²) in [6.07, 6.45) is 21.3. The van der Waals surface area contributed by atoms with E-state index in [-0.39, 0.29) is 12.7 Å². The van der Waals surface area contributed by atoms with Crippen molar-refractivity contribution in [2.24, 2.45) is 0 Å². The number of hydrogen-bond acceptors (Lipinski definition) is 7. The molecule has 0 saturated carbocycles. The van der Waals surface area contributed by atoms with Crippen molar-refractivity contribution in [2.75, 3.05) is 19.0 Å². The maximum absolute atomic E-state index is 12.0. The summed E-state index contributed by atoms with van der Waals surface area (Å²) < 4.78 is 27.7. The van der Waals surface area contributed by atoms with E-state index in [0.717, 1.165) is 0 Å². The molecular weight excluding hydrogens is 519 g/mol. The van der Waals surface area contributed by atoms with Crippen molar-refractivity contribution in [3.63, 3.8) is 0 Å². The molecule has 0 aliphatic carbocycles. The molecule has 0 aromatic heterocycles. The van der Waals surface area contributed by atoms with Crippen LogP contribution in [0, 0.1) is 0 Å². The van der Waals surface area contributed by atoms with Gasteiger partial charge >= 0.3 is 20.0 Å². The van der Waals surface area contributed by atoms with Crippen molar-refractivity contribution in [1.29, 1.82) is 0 Å². The van der Waals surface area contributed by atoms with Crippen LogP contribution in [0.4, 0.5) is 0 Å². The van der Waals surface area contributed by atoms with E-state index in [0.29, 0.717) is 18.3 Å². The Labute approximate surface area is 240 Å². The highest BCUT2D eigenvalue weighted by molar-refractivity contribution is 7.99. The van der Waals surface area contributed by atoms with Crippen LogP contribution in [0.2, 0.25) is 0 Å². The van der Waals surface area contributed by atoms with E-state index in [2.05, 4.69) is 32.5 Å². The first-order chi connectivity index (χ1) is 18.3. The van der Waals surface area contributed by atoms with Crippen LogP contribution in [0.1, 0.15) is 144 Å². The topological polar surface area (TPSA) is 82.1 Å². The van der Waals surface area contributed by atoms with Gasteiger partial charge in [-0.2, -0.15) is 11.8 Å². The molecule has 0 bridgehead atoms. The summed E-state index contributed by atoms with van der Waals surface area (Å²) in [5, 5.41) is 10.7. The highest BCUT2D eigenvalue weighted by Gasteiger charge is 2.49. The van der Waals surface area contributed by atoms with E-state index in [1.807, 2.05) is 0 Å². The number of thioether (sulfide) groups is 1. The predicted octanol–water partition coefficient (Wildman–Crippen LogP) is 8.80. The zero-order valence-electron chi connectivity index (χ0n) is 25.3. The molecule has 0 fully saturated rings. The number of hydrogen-bond donors (Lipinski definition) is 1. The van der Waals surface area contributed by atoms with Crippen LogP contribution in [-0.4, -0.2) is 53.0 Å². The van der Waals surface area contributed by atoms with Gasteiger partial charge in [0.25, 0.3) is 0 Å². The van der Waals surface area contributed by atoms with Gasteiger partial charge in [-0.05, 0) is 45.8 Å². The standard InChI is InChI=1S/C30H59O6PS/c1-6-8-10-12-14-16-18-20-25-38-28(22-19-17-15-13-11-9-7-2)27(5)34-23-21-24-35-30(32,37-33)29(31)36-26(3)4/h26-28,32H,6-25H2,1-5H3/p+1. The van der Waals surface area contributed by atoms with Crippen molar-refractivity contribution < 1.29 is 28.7 Å². The van der Waals surface area contributed by atoms with Crippen molar-refractivity contribution in [3.8, 4) is 0 Å². The third-order valence-corrected chi connectivity index (χ3v) is 8.88. The van der Waals surface area contributed by atoms with Gasteiger partial charge in [-0.1, -0.05) is 108 Å². The van der Waals surface area contributed by atoms with E-state index in [4.69, 9.17) is 14.2 Å². The van der Waals surface area contributed by atoms with Gasteiger partial charge in [-0.3, -0.25) is 0 Å².